The van der Waals surface area contributed by atoms with E-state index in [9.17, 15) is 0 Å². The van der Waals surface area contributed by atoms with Crippen LogP contribution in [0.4, 0.5) is 5.95 Å². The van der Waals surface area contributed by atoms with Crippen molar-refractivity contribution in [3.8, 4) is 5.82 Å². The summed E-state index contributed by atoms with van der Waals surface area (Å²) in [6.07, 6.45) is 8.85. The largest absolute Gasteiger partial charge is 0.397 e. The zero-order valence-corrected chi connectivity index (χ0v) is 14.9. The maximum atomic E-state index is 5.90. The van der Waals surface area contributed by atoms with Crippen molar-refractivity contribution in [1.29, 1.82) is 0 Å². The summed E-state index contributed by atoms with van der Waals surface area (Å²) >= 11 is 0. The molecule has 3 heterocycles. The van der Waals surface area contributed by atoms with Crippen molar-refractivity contribution in [3.05, 3.63) is 72.9 Å². The van der Waals surface area contributed by atoms with E-state index < -0.39 is 0 Å². The second-order valence-corrected chi connectivity index (χ2v) is 6.26. The summed E-state index contributed by atoms with van der Waals surface area (Å²) < 4.78 is 1.92. The fourth-order valence-corrected chi connectivity index (χ4v) is 2.94. The number of nitrogens with one attached hydrogen (secondary N) is 2. The first-order valence-electron chi connectivity index (χ1n) is 8.80. The minimum absolute atomic E-state index is 0.398. The summed E-state index contributed by atoms with van der Waals surface area (Å²) in [5, 5.41) is 6.44. The molecule has 1 aliphatic rings. The molecule has 0 spiro atoms. The lowest BCUT2D eigenvalue weighted by molar-refractivity contribution is 0.910. The summed E-state index contributed by atoms with van der Waals surface area (Å²) in [7, 11) is 0. The van der Waals surface area contributed by atoms with Crippen molar-refractivity contribution < 1.29 is 0 Å². The second-order valence-electron chi connectivity index (χ2n) is 6.26. The van der Waals surface area contributed by atoms with Gasteiger partial charge in [0.2, 0.25) is 5.95 Å². The van der Waals surface area contributed by atoms with Gasteiger partial charge in [0.1, 0.15) is 12.1 Å². The maximum absolute atomic E-state index is 5.90. The average Bonchev–Trinajstić information content (AvgIpc) is 3.13. The van der Waals surface area contributed by atoms with Crippen LogP contribution in [0.2, 0.25) is 0 Å². The van der Waals surface area contributed by atoms with E-state index in [-0.39, 0.29) is 0 Å². The van der Waals surface area contributed by atoms with E-state index in [1.807, 2.05) is 41.1 Å². The molecule has 136 valence electrons. The highest BCUT2D eigenvalue weighted by Gasteiger charge is 2.10. The van der Waals surface area contributed by atoms with Crippen LogP contribution in [0, 0.1) is 0 Å². The minimum Gasteiger partial charge on any atom is -0.397 e. The number of aromatic nitrogens is 4. The number of para-hydroxylation sites is 2. The van der Waals surface area contributed by atoms with Gasteiger partial charge in [0.15, 0.2) is 0 Å². The first kappa shape index (κ1) is 16.8. The molecule has 0 atom stereocenters. The predicted octanol–water partition coefficient (Wildman–Crippen LogP) is 2.59. The van der Waals surface area contributed by atoms with Crippen molar-refractivity contribution in [3.63, 3.8) is 0 Å². The molecular formula is C20H21N7. The lowest BCUT2D eigenvalue weighted by atomic mass is 10.1. The minimum atomic E-state index is 0.398. The molecule has 4 rings (SSSR count). The van der Waals surface area contributed by atoms with Crippen LogP contribution in [-0.2, 0) is 0 Å². The van der Waals surface area contributed by atoms with Gasteiger partial charge < -0.3 is 16.4 Å². The molecule has 0 fully saturated rings. The summed E-state index contributed by atoms with van der Waals surface area (Å²) in [6.45, 7) is 5.40. The van der Waals surface area contributed by atoms with Crippen LogP contribution in [0.5, 0.6) is 0 Å². The predicted molar refractivity (Wildman–Crippen MR) is 108 cm³/mol. The molecule has 0 radical (unpaired) electrons. The van der Waals surface area contributed by atoms with E-state index in [1.54, 1.807) is 6.33 Å². The molecule has 0 unspecified atom stereocenters. The van der Waals surface area contributed by atoms with Crippen molar-refractivity contribution in [1.82, 2.24) is 24.8 Å². The van der Waals surface area contributed by atoms with E-state index in [0.717, 1.165) is 30.5 Å². The van der Waals surface area contributed by atoms with Gasteiger partial charge in [0.25, 0.3) is 0 Å². The lowest BCUT2D eigenvalue weighted by Gasteiger charge is -2.12. The van der Waals surface area contributed by atoms with Crippen molar-refractivity contribution in [2.75, 3.05) is 18.4 Å². The van der Waals surface area contributed by atoms with E-state index in [1.165, 1.54) is 5.57 Å². The van der Waals surface area contributed by atoms with Crippen LogP contribution in [0.15, 0.2) is 67.2 Å². The third-order valence-corrected chi connectivity index (χ3v) is 4.34. The van der Waals surface area contributed by atoms with Crippen molar-refractivity contribution >= 4 is 22.7 Å². The summed E-state index contributed by atoms with van der Waals surface area (Å²) in [6, 6.07) is 9.73. The van der Waals surface area contributed by atoms with Gasteiger partial charge in [-0.05, 0) is 36.4 Å². The molecule has 27 heavy (non-hydrogen) atoms. The van der Waals surface area contributed by atoms with E-state index in [0.29, 0.717) is 23.2 Å². The van der Waals surface area contributed by atoms with Gasteiger partial charge in [0, 0.05) is 19.2 Å². The average molecular weight is 359 g/mol. The summed E-state index contributed by atoms with van der Waals surface area (Å²) in [5.74, 6) is 1.22. The van der Waals surface area contributed by atoms with Gasteiger partial charge in [-0.15, -0.1) is 0 Å². The number of benzene rings is 1. The third-order valence-electron chi connectivity index (χ3n) is 4.34. The van der Waals surface area contributed by atoms with Crippen LogP contribution < -0.4 is 16.4 Å². The fraction of sp³-hybridized carbons (Fsp3) is 0.150. The van der Waals surface area contributed by atoms with Crippen LogP contribution in [0.3, 0.4) is 0 Å². The quantitative estimate of drug-likeness (QED) is 0.626. The molecule has 0 aliphatic carbocycles. The number of allylic oxidation sites excluding steroid dienone is 1. The van der Waals surface area contributed by atoms with Gasteiger partial charge in [-0.2, -0.15) is 4.98 Å². The number of anilines is 1. The maximum Gasteiger partial charge on any atom is 0.225 e. The highest BCUT2D eigenvalue weighted by molar-refractivity contribution is 5.77. The van der Waals surface area contributed by atoms with Crippen molar-refractivity contribution in [2.45, 2.75) is 6.42 Å². The standard InChI is InChI=1S/C20H21N7/c1-14(21)17-12-19(27-13-24-16-4-2-3-5-18(16)27)26-20(25-17)23-11-8-15-6-9-22-10-7-15/h2-7,9,12-13,22H,1,8,10-11,21H2,(H,23,25,26). The molecule has 7 nitrogen and oxygen atoms in total. The Kier molecular flexibility index (Phi) is 4.57. The topological polar surface area (TPSA) is 93.7 Å². The Labute approximate surface area is 157 Å². The van der Waals surface area contributed by atoms with Gasteiger partial charge in [-0.3, -0.25) is 4.57 Å². The van der Waals surface area contributed by atoms with Gasteiger partial charge >= 0.3 is 0 Å². The molecule has 7 heteroatoms. The number of fused-ring (bicyclic) bond motifs is 1. The van der Waals surface area contributed by atoms with Gasteiger partial charge in [0.05, 0.1) is 22.4 Å². The smallest absolute Gasteiger partial charge is 0.225 e. The van der Waals surface area contributed by atoms with Crippen LogP contribution in [0.1, 0.15) is 12.1 Å². The molecule has 1 aliphatic heterocycles. The Hall–Kier alpha value is -3.61. The zero-order chi connectivity index (χ0) is 18.6. The molecule has 3 aromatic rings. The SMILES string of the molecule is C=C(N)c1cc(-n2cnc3ccccc32)nc(NCCC2=CCNC=C2)n1. The molecule has 0 saturated carbocycles. The third kappa shape index (κ3) is 3.67. The van der Waals surface area contributed by atoms with E-state index in [4.69, 9.17) is 5.73 Å². The number of dihydropyridines is 1. The molecule has 0 saturated heterocycles. The fourth-order valence-electron chi connectivity index (χ4n) is 2.94. The lowest BCUT2D eigenvalue weighted by Crippen LogP contribution is -2.13. The molecule has 2 aromatic heterocycles. The first-order valence-corrected chi connectivity index (χ1v) is 8.80. The molecule has 1 aromatic carbocycles. The molecular weight excluding hydrogens is 338 g/mol. The first-order chi connectivity index (χ1) is 13.2. The Morgan fingerprint density at radius 1 is 1.30 bits per heavy atom. The van der Waals surface area contributed by atoms with E-state index in [2.05, 4.69) is 44.3 Å². The zero-order valence-electron chi connectivity index (χ0n) is 14.9. The van der Waals surface area contributed by atoms with Crippen LogP contribution in [0.25, 0.3) is 22.5 Å². The number of nitrogens with zero attached hydrogens (tertiary/aromatic N) is 4. The normalized spacial score (nSPS) is 13.3. The Morgan fingerprint density at radius 2 is 2.19 bits per heavy atom. The van der Waals surface area contributed by atoms with Gasteiger partial charge in [-0.1, -0.05) is 24.8 Å². The Balaban J connectivity index is 1.61. The van der Waals surface area contributed by atoms with Crippen LogP contribution >= 0.6 is 0 Å². The van der Waals surface area contributed by atoms with Crippen molar-refractivity contribution in [2.24, 2.45) is 5.73 Å². The summed E-state index contributed by atoms with van der Waals surface area (Å²) in [5.41, 5.74) is 10.1. The number of hydrogen-bond donors (Lipinski definition) is 3. The van der Waals surface area contributed by atoms with Gasteiger partial charge in [-0.25, -0.2) is 9.97 Å². The number of nitrogens with two attached hydrogens (primary N) is 1. The molecule has 0 amide bonds. The van der Waals surface area contributed by atoms with E-state index >= 15 is 0 Å². The van der Waals surface area contributed by atoms with Crippen LogP contribution in [-0.4, -0.2) is 32.6 Å². The Bertz CT molecular complexity index is 1050. The highest BCUT2D eigenvalue weighted by Crippen LogP contribution is 2.19. The second kappa shape index (κ2) is 7.33. The number of hydrogen-bond acceptors (Lipinski definition) is 6. The summed E-state index contributed by atoms with van der Waals surface area (Å²) in [4.78, 5) is 13.6. The monoisotopic (exact) mass is 359 g/mol. The molecule has 0 bridgehead atoms. The Morgan fingerprint density at radius 3 is 3.00 bits per heavy atom. The number of imidazole rings is 1. The molecule has 4 N–H and O–H groups in total. The highest BCUT2D eigenvalue weighted by atomic mass is 15.2. The number of rotatable bonds is 6.